The van der Waals surface area contributed by atoms with Gasteiger partial charge < -0.3 is 10.1 Å². The topological polar surface area (TPSA) is 51.2 Å². The predicted octanol–water partition coefficient (Wildman–Crippen LogP) is 5.24. The lowest BCUT2D eigenvalue weighted by atomic mass is 10.1. The highest BCUT2D eigenvalue weighted by Gasteiger charge is 2.13. The summed E-state index contributed by atoms with van der Waals surface area (Å²) in [4.78, 5) is 17.0. The van der Waals surface area contributed by atoms with Gasteiger partial charge in [0, 0.05) is 16.1 Å². The van der Waals surface area contributed by atoms with Crippen molar-refractivity contribution in [3.8, 4) is 5.75 Å². The molecule has 0 atom stereocenters. The summed E-state index contributed by atoms with van der Waals surface area (Å²) >= 11 is 7.68. The number of benzene rings is 2. The van der Waals surface area contributed by atoms with E-state index >= 15 is 0 Å². The quantitative estimate of drug-likeness (QED) is 0.665. The van der Waals surface area contributed by atoms with Crippen LogP contribution in [0.25, 0.3) is 0 Å². The van der Waals surface area contributed by atoms with E-state index in [0.29, 0.717) is 28.6 Å². The highest BCUT2D eigenvalue weighted by molar-refractivity contribution is 7.09. The van der Waals surface area contributed by atoms with Crippen LogP contribution in [0.1, 0.15) is 26.6 Å². The van der Waals surface area contributed by atoms with E-state index in [1.54, 1.807) is 35.6 Å². The maximum atomic E-state index is 12.6. The highest BCUT2D eigenvalue weighted by Crippen LogP contribution is 2.24. The maximum Gasteiger partial charge on any atom is 0.259 e. The van der Waals surface area contributed by atoms with Gasteiger partial charge in [0.1, 0.15) is 12.4 Å². The lowest BCUT2D eigenvalue weighted by molar-refractivity contribution is 0.102. The number of hydrogen-bond donors (Lipinski definition) is 1. The lowest BCUT2D eigenvalue weighted by Gasteiger charge is -2.11. The molecule has 1 N–H and O–H groups in total. The van der Waals surface area contributed by atoms with E-state index in [1.165, 1.54) is 0 Å². The molecule has 0 fully saturated rings. The third kappa shape index (κ3) is 4.38. The lowest BCUT2D eigenvalue weighted by Crippen LogP contribution is -2.13. The molecule has 0 bridgehead atoms. The molecule has 1 aromatic heterocycles. The molecule has 128 valence electrons. The second-order valence-electron chi connectivity index (χ2n) is 5.56. The number of carbonyl (C=O) groups excluding carboxylic acids is 1. The second-order valence-corrected chi connectivity index (χ2v) is 7.03. The van der Waals surface area contributed by atoms with Crippen molar-refractivity contribution in [2.45, 2.75) is 20.5 Å². The minimum atomic E-state index is -0.245. The molecule has 0 unspecified atom stereocenters. The number of hydrogen-bond acceptors (Lipinski definition) is 4. The molecule has 0 saturated carbocycles. The Balaban J connectivity index is 1.74. The van der Waals surface area contributed by atoms with Crippen molar-refractivity contribution >= 4 is 34.5 Å². The summed E-state index contributed by atoms with van der Waals surface area (Å²) in [6.45, 7) is 4.19. The molecule has 0 radical (unpaired) electrons. The molecule has 0 saturated heterocycles. The van der Waals surface area contributed by atoms with Gasteiger partial charge in [-0.25, -0.2) is 4.98 Å². The molecule has 4 nitrogen and oxygen atoms in total. The van der Waals surface area contributed by atoms with Crippen LogP contribution in [0.2, 0.25) is 5.02 Å². The minimum absolute atomic E-state index is 0.245. The van der Waals surface area contributed by atoms with Crippen molar-refractivity contribution in [2.75, 3.05) is 5.32 Å². The molecule has 0 aliphatic carbocycles. The van der Waals surface area contributed by atoms with Crippen LogP contribution in [0.5, 0.6) is 5.75 Å². The van der Waals surface area contributed by atoms with Crippen molar-refractivity contribution < 1.29 is 9.53 Å². The second kappa shape index (κ2) is 7.68. The molecule has 1 amide bonds. The summed E-state index contributed by atoms with van der Waals surface area (Å²) in [7, 11) is 0. The summed E-state index contributed by atoms with van der Waals surface area (Å²) in [6.07, 6.45) is 0. The fourth-order valence-electron chi connectivity index (χ4n) is 2.28. The molecule has 3 rings (SSSR count). The smallest absolute Gasteiger partial charge is 0.259 e. The molecule has 0 aliphatic heterocycles. The summed E-state index contributed by atoms with van der Waals surface area (Å²) in [5.74, 6) is 0.272. The van der Waals surface area contributed by atoms with E-state index in [4.69, 9.17) is 16.3 Å². The largest absolute Gasteiger partial charge is 0.486 e. The monoisotopic (exact) mass is 372 g/mol. The van der Waals surface area contributed by atoms with Gasteiger partial charge >= 0.3 is 0 Å². The first-order valence-corrected chi connectivity index (χ1v) is 8.99. The molecule has 6 heteroatoms. The Morgan fingerprint density at radius 2 is 2.04 bits per heavy atom. The van der Waals surface area contributed by atoms with Crippen LogP contribution in [0.3, 0.4) is 0 Å². The normalized spacial score (nSPS) is 10.5. The number of amides is 1. The van der Waals surface area contributed by atoms with Crippen LogP contribution in [0.4, 0.5) is 5.69 Å². The molecule has 25 heavy (non-hydrogen) atoms. The number of anilines is 1. The number of ether oxygens (including phenoxy) is 1. The Morgan fingerprint density at radius 3 is 2.76 bits per heavy atom. The summed E-state index contributed by atoms with van der Waals surface area (Å²) in [5, 5.41) is 6.40. The van der Waals surface area contributed by atoms with Gasteiger partial charge in [-0.05, 0) is 43.7 Å². The number of nitrogens with zero attached hydrogens (tertiary/aromatic N) is 1. The van der Waals surface area contributed by atoms with Crippen LogP contribution in [-0.2, 0) is 6.61 Å². The fraction of sp³-hybridized carbons (Fsp3) is 0.158. The van der Waals surface area contributed by atoms with Crippen molar-refractivity contribution in [2.24, 2.45) is 0 Å². The number of thiazole rings is 1. The first kappa shape index (κ1) is 17.5. The molecule has 2 aromatic carbocycles. The van der Waals surface area contributed by atoms with E-state index in [-0.39, 0.29) is 5.91 Å². The Kier molecular flexibility index (Phi) is 5.36. The number of para-hydroxylation sites is 1. The van der Waals surface area contributed by atoms with E-state index in [9.17, 15) is 4.79 Å². The van der Waals surface area contributed by atoms with Gasteiger partial charge in [-0.1, -0.05) is 29.8 Å². The van der Waals surface area contributed by atoms with Gasteiger partial charge in [0.25, 0.3) is 5.91 Å². The van der Waals surface area contributed by atoms with Crippen LogP contribution in [-0.4, -0.2) is 10.9 Å². The maximum absolute atomic E-state index is 12.6. The van der Waals surface area contributed by atoms with E-state index in [2.05, 4.69) is 10.3 Å². The van der Waals surface area contributed by atoms with E-state index in [0.717, 1.165) is 16.3 Å². The third-order valence-electron chi connectivity index (χ3n) is 3.60. The predicted molar refractivity (Wildman–Crippen MR) is 102 cm³/mol. The third-order valence-corrected chi connectivity index (χ3v) is 4.83. The summed E-state index contributed by atoms with van der Waals surface area (Å²) in [5.41, 5.74) is 2.92. The van der Waals surface area contributed by atoms with Gasteiger partial charge in [0.15, 0.2) is 0 Å². The Morgan fingerprint density at radius 1 is 1.24 bits per heavy atom. The van der Waals surface area contributed by atoms with E-state index < -0.39 is 0 Å². The SMILES string of the molecule is Cc1nc(COc2ccccc2C(=O)Nc2ccc(C)c(Cl)c2)cs1. The van der Waals surface area contributed by atoms with Gasteiger partial charge in [0.05, 0.1) is 16.3 Å². The average molecular weight is 373 g/mol. The number of aromatic nitrogens is 1. The number of aryl methyl sites for hydroxylation is 2. The number of halogens is 1. The minimum Gasteiger partial charge on any atom is -0.486 e. The zero-order chi connectivity index (χ0) is 17.8. The standard InChI is InChI=1S/C19H17ClN2O2S/c1-12-7-8-14(9-17(12)20)22-19(23)16-5-3-4-6-18(16)24-10-15-11-25-13(2)21-15/h3-9,11H,10H2,1-2H3,(H,22,23). The van der Waals surface area contributed by atoms with Gasteiger partial charge in [-0.3, -0.25) is 4.79 Å². The highest BCUT2D eigenvalue weighted by atomic mass is 35.5. The van der Waals surface area contributed by atoms with Crippen LogP contribution in [0.15, 0.2) is 47.8 Å². The van der Waals surface area contributed by atoms with Gasteiger partial charge in [0.2, 0.25) is 0 Å². The first-order chi connectivity index (χ1) is 12.0. The van der Waals surface area contributed by atoms with Crippen LogP contribution >= 0.6 is 22.9 Å². The van der Waals surface area contributed by atoms with Crippen molar-refractivity contribution in [3.63, 3.8) is 0 Å². The fourth-order valence-corrected chi connectivity index (χ4v) is 3.05. The summed E-state index contributed by atoms with van der Waals surface area (Å²) in [6, 6.07) is 12.6. The van der Waals surface area contributed by atoms with Crippen LogP contribution < -0.4 is 10.1 Å². The van der Waals surface area contributed by atoms with Crippen molar-refractivity contribution in [1.29, 1.82) is 0 Å². The molecule has 1 heterocycles. The van der Waals surface area contributed by atoms with Gasteiger partial charge in [-0.15, -0.1) is 11.3 Å². The number of rotatable bonds is 5. The number of nitrogens with one attached hydrogen (secondary N) is 1. The zero-order valence-electron chi connectivity index (χ0n) is 13.9. The Bertz CT molecular complexity index is 908. The van der Waals surface area contributed by atoms with E-state index in [1.807, 2.05) is 37.4 Å². The molecule has 0 aliphatic rings. The van der Waals surface area contributed by atoms with Gasteiger partial charge in [-0.2, -0.15) is 0 Å². The molecule has 0 spiro atoms. The number of carbonyl (C=O) groups is 1. The average Bonchev–Trinajstić information content (AvgIpc) is 3.02. The Labute approximate surface area is 155 Å². The first-order valence-electron chi connectivity index (χ1n) is 7.73. The zero-order valence-corrected chi connectivity index (χ0v) is 15.4. The molecule has 3 aromatic rings. The Hall–Kier alpha value is -2.37. The molecular weight excluding hydrogens is 356 g/mol. The van der Waals surface area contributed by atoms with Crippen molar-refractivity contribution in [3.05, 3.63) is 74.7 Å². The molecular formula is C19H17ClN2O2S. The van der Waals surface area contributed by atoms with Crippen molar-refractivity contribution in [1.82, 2.24) is 4.98 Å². The summed E-state index contributed by atoms with van der Waals surface area (Å²) < 4.78 is 5.80. The van der Waals surface area contributed by atoms with Crippen LogP contribution in [0, 0.1) is 13.8 Å².